The molecule has 1 heterocycles. The van der Waals surface area contributed by atoms with Crippen LogP contribution in [0, 0.1) is 17.5 Å². The third-order valence-electron chi connectivity index (χ3n) is 2.16. The number of fused-ring (bicyclic) bond motifs is 1. The van der Waals surface area contributed by atoms with Crippen molar-refractivity contribution in [3.05, 3.63) is 28.5 Å². The Labute approximate surface area is 93.9 Å². The van der Waals surface area contributed by atoms with Gasteiger partial charge in [0.15, 0.2) is 17.5 Å². The summed E-state index contributed by atoms with van der Waals surface area (Å²) in [6.45, 7) is 0.501. The normalized spacial score (nSPS) is 11.2. The molecule has 0 spiro atoms. The zero-order valence-electron chi connectivity index (χ0n) is 8.27. The summed E-state index contributed by atoms with van der Waals surface area (Å²) < 4.78 is 39.5. The zero-order valence-corrected chi connectivity index (χ0v) is 9.08. The lowest BCUT2D eigenvalue weighted by Gasteiger charge is -1.94. The van der Waals surface area contributed by atoms with Crippen LogP contribution in [0.2, 0.25) is 0 Å². The SMILES string of the molecule is NCCCc1nc2c(F)c(F)c(F)cc2s1. The molecule has 0 bridgehead atoms. The van der Waals surface area contributed by atoms with Gasteiger partial charge in [-0.2, -0.15) is 0 Å². The topological polar surface area (TPSA) is 38.9 Å². The summed E-state index contributed by atoms with van der Waals surface area (Å²) in [5.41, 5.74) is 5.23. The maximum Gasteiger partial charge on any atom is 0.196 e. The van der Waals surface area contributed by atoms with Crippen molar-refractivity contribution in [2.24, 2.45) is 5.73 Å². The molecule has 0 aliphatic heterocycles. The number of halogens is 3. The number of nitrogens with zero attached hydrogens (tertiary/aromatic N) is 1. The summed E-state index contributed by atoms with van der Waals surface area (Å²) in [5, 5.41) is 0.643. The van der Waals surface area contributed by atoms with Crippen molar-refractivity contribution in [1.82, 2.24) is 4.98 Å². The van der Waals surface area contributed by atoms with Crippen LogP contribution in [0.3, 0.4) is 0 Å². The average molecular weight is 246 g/mol. The second-order valence-corrected chi connectivity index (χ2v) is 4.45. The molecule has 0 unspecified atom stereocenters. The largest absolute Gasteiger partial charge is 0.330 e. The van der Waals surface area contributed by atoms with Crippen LogP contribution in [0.15, 0.2) is 6.07 Å². The van der Waals surface area contributed by atoms with Crippen LogP contribution < -0.4 is 5.73 Å². The van der Waals surface area contributed by atoms with Gasteiger partial charge in [0.2, 0.25) is 0 Å². The third kappa shape index (κ3) is 1.90. The van der Waals surface area contributed by atoms with Gasteiger partial charge in [-0.3, -0.25) is 0 Å². The number of aryl methyl sites for hydroxylation is 1. The molecule has 0 atom stereocenters. The van der Waals surface area contributed by atoms with Crippen LogP contribution in [-0.4, -0.2) is 11.5 Å². The van der Waals surface area contributed by atoms with Gasteiger partial charge in [0.1, 0.15) is 5.52 Å². The van der Waals surface area contributed by atoms with Gasteiger partial charge in [-0.15, -0.1) is 11.3 Å². The van der Waals surface area contributed by atoms with E-state index in [1.807, 2.05) is 0 Å². The highest BCUT2D eigenvalue weighted by Crippen LogP contribution is 2.28. The Morgan fingerprint density at radius 1 is 1.25 bits per heavy atom. The van der Waals surface area contributed by atoms with Crippen LogP contribution in [0.1, 0.15) is 11.4 Å². The number of hydrogen-bond acceptors (Lipinski definition) is 3. The smallest absolute Gasteiger partial charge is 0.196 e. The molecular formula is C10H9F3N2S. The molecule has 86 valence electrons. The molecule has 0 amide bonds. The highest BCUT2D eigenvalue weighted by atomic mass is 32.1. The van der Waals surface area contributed by atoms with Gasteiger partial charge in [-0.05, 0) is 19.0 Å². The number of aromatic nitrogens is 1. The summed E-state index contributed by atoms with van der Waals surface area (Å²) in [5.74, 6) is -3.87. The second kappa shape index (κ2) is 4.39. The van der Waals surface area contributed by atoms with Crippen LogP contribution >= 0.6 is 11.3 Å². The molecule has 2 N–H and O–H groups in total. The molecule has 0 saturated carbocycles. The lowest BCUT2D eigenvalue weighted by molar-refractivity contribution is 0.453. The van der Waals surface area contributed by atoms with E-state index in [2.05, 4.69) is 4.98 Å². The number of nitrogens with two attached hydrogens (primary N) is 1. The molecule has 2 nitrogen and oxygen atoms in total. The number of hydrogen-bond donors (Lipinski definition) is 1. The molecule has 0 saturated heterocycles. The molecule has 0 radical (unpaired) electrons. The van der Waals surface area contributed by atoms with Crippen LogP contribution in [-0.2, 0) is 6.42 Å². The van der Waals surface area contributed by atoms with Crippen molar-refractivity contribution in [1.29, 1.82) is 0 Å². The summed E-state index contributed by atoms with van der Waals surface area (Å²) in [7, 11) is 0. The monoisotopic (exact) mass is 246 g/mol. The Morgan fingerprint density at radius 3 is 2.69 bits per heavy atom. The Bertz CT molecular complexity index is 524. The molecule has 1 aromatic carbocycles. The Hall–Kier alpha value is -1.14. The number of thiazole rings is 1. The van der Waals surface area contributed by atoms with E-state index in [1.165, 1.54) is 0 Å². The van der Waals surface area contributed by atoms with E-state index in [0.29, 0.717) is 29.1 Å². The van der Waals surface area contributed by atoms with Crippen LogP contribution in [0.25, 0.3) is 10.2 Å². The minimum Gasteiger partial charge on any atom is -0.330 e. The summed E-state index contributed by atoms with van der Waals surface area (Å²) in [6, 6.07) is 0.970. The second-order valence-electron chi connectivity index (χ2n) is 3.33. The first-order chi connectivity index (χ1) is 7.63. The van der Waals surface area contributed by atoms with Gasteiger partial charge in [0.05, 0.1) is 9.71 Å². The lowest BCUT2D eigenvalue weighted by atomic mass is 10.3. The van der Waals surface area contributed by atoms with Gasteiger partial charge < -0.3 is 5.73 Å². The Morgan fingerprint density at radius 2 is 2.00 bits per heavy atom. The van der Waals surface area contributed by atoms with Crippen molar-refractivity contribution in [2.45, 2.75) is 12.8 Å². The van der Waals surface area contributed by atoms with Crippen LogP contribution in [0.4, 0.5) is 13.2 Å². The standard InChI is InChI=1S/C10H9F3N2S/c11-5-4-6-10(9(13)8(5)12)15-7(16-6)2-1-3-14/h4H,1-3,14H2. The Balaban J connectivity index is 2.49. The van der Waals surface area contributed by atoms with Crippen molar-refractivity contribution in [3.63, 3.8) is 0 Å². The zero-order chi connectivity index (χ0) is 11.7. The fraction of sp³-hybridized carbons (Fsp3) is 0.300. The summed E-state index contributed by atoms with van der Waals surface area (Å²) in [4.78, 5) is 3.93. The molecule has 0 fully saturated rings. The molecule has 2 rings (SSSR count). The molecule has 2 aromatic rings. The maximum absolute atomic E-state index is 13.3. The first kappa shape index (κ1) is 11.3. The van der Waals surface area contributed by atoms with E-state index in [0.717, 1.165) is 17.4 Å². The molecule has 0 aliphatic carbocycles. The van der Waals surface area contributed by atoms with Crippen molar-refractivity contribution in [2.75, 3.05) is 6.54 Å². The predicted molar refractivity (Wildman–Crippen MR) is 56.9 cm³/mol. The molecule has 0 aliphatic rings. The quantitative estimate of drug-likeness (QED) is 0.845. The van der Waals surface area contributed by atoms with Crippen molar-refractivity contribution < 1.29 is 13.2 Å². The molecular weight excluding hydrogens is 237 g/mol. The van der Waals surface area contributed by atoms with Gasteiger partial charge >= 0.3 is 0 Å². The van der Waals surface area contributed by atoms with E-state index in [4.69, 9.17) is 5.73 Å². The van der Waals surface area contributed by atoms with Crippen molar-refractivity contribution >= 4 is 21.6 Å². The minimum absolute atomic E-state index is 0.101. The van der Waals surface area contributed by atoms with E-state index < -0.39 is 17.5 Å². The van der Waals surface area contributed by atoms with Gasteiger partial charge in [0, 0.05) is 6.42 Å². The van der Waals surface area contributed by atoms with Crippen molar-refractivity contribution in [3.8, 4) is 0 Å². The maximum atomic E-state index is 13.3. The van der Waals surface area contributed by atoms with Crippen LogP contribution in [0.5, 0.6) is 0 Å². The van der Waals surface area contributed by atoms with E-state index in [9.17, 15) is 13.2 Å². The highest BCUT2D eigenvalue weighted by molar-refractivity contribution is 7.18. The molecule has 6 heteroatoms. The fourth-order valence-corrected chi connectivity index (χ4v) is 2.41. The lowest BCUT2D eigenvalue weighted by Crippen LogP contribution is -1.99. The first-order valence-corrected chi connectivity index (χ1v) is 5.58. The third-order valence-corrected chi connectivity index (χ3v) is 3.22. The van der Waals surface area contributed by atoms with E-state index in [1.54, 1.807) is 0 Å². The van der Waals surface area contributed by atoms with Gasteiger partial charge in [0.25, 0.3) is 0 Å². The van der Waals surface area contributed by atoms with E-state index in [-0.39, 0.29) is 5.52 Å². The first-order valence-electron chi connectivity index (χ1n) is 4.76. The number of rotatable bonds is 3. The summed E-state index contributed by atoms with van der Waals surface area (Å²) >= 11 is 1.16. The minimum atomic E-state index is -1.47. The average Bonchev–Trinajstić information content (AvgIpc) is 2.66. The fourth-order valence-electron chi connectivity index (χ4n) is 1.38. The van der Waals surface area contributed by atoms with E-state index >= 15 is 0 Å². The summed E-state index contributed by atoms with van der Waals surface area (Å²) in [6.07, 6.45) is 1.31. The number of benzene rings is 1. The Kier molecular flexibility index (Phi) is 3.11. The van der Waals surface area contributed by atoms with Gasteiger partial charge in [-0.1, -0.05) is 0 Å². The molecule has 1 aromatic heterocycles. The predicted octanol–water partition coefficient (Wildman–Crippen LogP) is 2.60. The van der Waals surface area contributed by atoms with Gasteiger partial charge in [-0.25, -0.2) is 18.2 Å². The molecule has 16 heavy (non-hydrogen) atoms. The highest BCUT2D eigenvalue weighted by Gasteiger charge is 2.17.